The molecule has 1 amide bonds. The summed E-state index contributed by atoms with van der Waals surface area (Å²) in [6.07, 6.45) is -3.27. The number of alkyl halides is 3. The molecule has 0 saturated heterocycles. The molecule has 0 spiro atoms. The Balaban J connectivity index is 1.84. The summed E-state index contributed by atoms with van der Waals surface area (Å²) in [7, 11) is 0. The molecule has 0 saturated carbocycles. The van der Waals surface area contributed by atoms with Crippen molar-refractivity contribution in [2.45, 2.75) is 13.1 Å². The largest absolute Gasteiger partial charge is 0.507 e. The average molecular weight is 423 g/mol. The summed E-state index contributed by atoms with van der Waals surface area (Å²) in [5, 5.41) is 17.6. The molecule has 0 aliphatic carbocycles. The van der Waals surface area contributed by atoms with E-state index < -0.39 is 17.6 Å². The third-order valence-electron chi connectivity index (χ3n) is 3.97. The Kier molecular flexibility index (Phi) is 5.60. The van der Waals surface area contributed by atoms with E-state index in [1.54, 1.807) is 19.1 Å². The van der Waals surface area contributed by atoms with E-state index in [-0.39, 0.29) is 22.2 Å². The molecule has 3 aromatic rings. The number of rotatable bonds is 4. The van der Waals surface area contributed by atoms with Crippen LogP contribution in [0.3, 0.4) is 0 Å². The maximum absolute atomic E-state index is 12.9. The van der Waals surface area contributed by atoms with Crippen molar-refractivity contribution >= 4 is 23.7 Å². The normalized spacial score (nSPS) is 11.8. The molecule has 0 radical (unpaired) electrons. The zero-order valence-electron chi connectivity index (χ0n) is 14.9. The third kappa shape index (κ3) is 4.40. The fourth-order valence-electron chi connectivity index (χ4n) is 2.52. The lowest BCUT2D eigenvalue weighted by Gasteiger charge is -2.09. The molecule has 2 N–H and O–H groups in total. The van der Waals surface area contributed by atoms with Crippen LogP contribution in [0.1, 0.15) is 27.2 Å². The molecule has 6 nitrogen and oxygen atoms in total. The van der Waals surface area contributed by atoms with Gasteiger partial charge in [-0.3, -0.25) is 4.79 Å². The highest BCUT2D eigenvalue weighted by molar-refractivity contribution is 6.32. The number of nitrogens with one attached hydrogen (secondary N) is 1. The van der Waals surface area contributed by atoms with Gasteiger partial charge in [0.15, 0.2) is 0 Å². The number of benzene rings is 2. The monoisotopic (exact) mass is 422 g/mol. The number of nitrogens with zero attached hydrogens (tertiary/aromatic N) is 3. The first kappa shape index (κ1) is 20.4. The lowest BCUT2D eigenvalue weighted by molar-refractivity contribution is -0.137. The first-order valence-corrected chi connectivity index (χ1v) is 8.60. The van der Waals surface area contributed by atoms with Crippen molar-refractivity contribution in [3.05, 3.63) is 76.1 Å². The van der Waals surface area contributed by atoms with Gasteiger partial charge in [-0.15, -0.1) is 0 Å². The van der Waals surface area contributed by atoms with Gasteiger partial charge in [-0.05, 0) is 37.3 Å². The van der Waals surface area contributed by atoms with Gasteiger partial charge < -0.3 is 5.11 Å². The Morgan fingerprint density at radius 2 is 1.97 bits per heavy atom. The lowest BCUT2D eigenvalue weighted by atomic mass is 10.2. The Labute approximate surface area is 168 Å². The van der Waals surface area contributed by atoms with Crippen molar-refractivity contribution < 1.29 is 23.1 Å². The van der Waals surface area contributed by atoms with E-state index in [1.807, 2.05) is 0 Å². The molecule has 0 fully saturated rings. The topological polar surface area (TPSA) is 79.5 Å². The van der Waals surface area contributed by atoms with Gasteiger partial charge in [-0.25, -0.2) is 10.1 Å². The summed E-state index contributed by atoms with van der Waals surface area (Å²) in [5.41, 5.74) is 2.30. The molecule has 1 heterocycles. The number of phenols is 1. The van der Waals surface area contributed by atoms with E-state index in [0.29, 0.717) is 11.3 Å². The number of phenolic OH excluding ortho intramolecular Hbond substituents is 1. The van der Waals surface area contributed by atoms with Gasteiger partial charge in [0.1, 0.15) is 10.9 Å². The van der Waals surface area contributed by atoms with Crippen molar-refractivity contribution in [1.82, 2.24) is 15.2 Å². The number of hydrazone groups is 1. The van der Waals surface area contributed by atoms with E-state index in [4.69, 9.17) is 11.6 Å². The molecule has 29 heavy (non-hydrogen) atoms. The number of amides is 1. The van der Waals surface area contributed by atoms with Crippen molar-refractivity contribution in [1.29, 1.82) is 0 Å². The van der Waals surface area contributed by atoms with Crippen molar-refractivity contribution in [2.24, 2.45) is 5.10 Å². The highest BCUT2D eigenvalue weighted by atomic mass is 35.5. The number of para-hydroxylation sites is 1. The molecule has 0 bridgehead atoms. The number of aromatic nitrogens is 2. The van der Waals surface area contributed by atoms with Crippen LogP contribution in [0, 0.1) is 6.92 Å². The molecular weight excluding hydrogens is 409 g/mol. The fourth-order valence-corrected chi connectivity index (χ4v) is 2.85. The summed E-state index contributed by atoms with van der Waals surface area (Å²) < 4.78 is 40.0. The van der Waals surface area contributed by atoms with Crippen LogP contribution in [0.25, 0.3) is 5.69 Å². The molecule has 150 valence electrons. The number of aromatic hydroxyl groups is 1. The van der Waals surface area contributed by atoms with Gasteiger partial charge in [0.25, 0.3) is 5.91 Å². The van der Waals surface area contributed by atoms with Crippen molar-refractivity contribution in [3.63, 3.8) is 0 Å². The second-order valence-electron chi connectivity index (χ2n) is 5.97. The molecule has 0 aliphatic heterocycles. The van der Waals surface area contributed by atoms with Gasteiger partial charge in [-0.1, -0.05) is 29.8 Å². The summed E-state index contributed by atoms with van der Waals surface area (Å²) >= 11 is 6.26. The maximum Gasteiger partial charge on any atom is 0.416 e. The van der Waals surface area contributed by atoms with Crippen LogP contribution < -0.4 is 5.43 Å². The predicted octanol–water partition coefficient (Wildman–Crippen LogP) is 4.32. The van der Waals surface area contributed by atoms with Crippen LogP contribution in [0.15, 0.2) is 53.6 Å². The van der Waals surface area contributed by atoms with Crippen LogP contribution in [0.2, 0.25) is 5.15 Å². The van der Waals surface area contributed by atoms with Gasteiger partial charge in [0, 0.05) is 0 Å². The third-order valence-corrected chi connectivity index (χ3v) is 4.34. The van der Waals surface area contributed by atoms with Crippen LogP contribution in [-0.2, 0) is 6.18 Å². The number of halogens is 4. The minimum Gasteiger partial charge on any atom is -0.507 e. The van der Waals surface area contributed by atoms with E-state index in [1.165, 1.54) is 30.5 Å². The number of aryl methyl sites for hydroxylation is 1. The van der Waals surface area contributed by atoms with Gasteiger partial charge in [0.05, 0.1) is 34.3 Å². The Morgan fingerprint density at radius 1 is 1.24 bits per heavy atom. The molecule has 0 atom stereocenters. The molecular formula is C19H14ClF3N4O2. The predicted molar refractivity (Wildman–Crippen MR) is 101 cm³/mol. The Hall–Kier alpha value is -3.33. The van der Waals surface area contributed by atoms with Crippen LogP contribution >= 0.6 is 11.6 Å². The van der Waals surface area contributed by atoms with Gasteiger partial charge in [0.2, 0.25) is 0 Å². The van der Waals surface area contributed by atoms with Gasteiger partial charge in [-0.2, -0.15) is 23.4 Å². The molecule has 10 heteroatoms. The smallest absolute Gasteiger partial charge is 0.416 e. The van der Waals surface area contributed by atoms with E-state index in [0.717, 1.165) is 16.8 Å². The van der Waals surface area contributed by atoms with Crippen molar-refractivity contribution in [2.75, 3.05) is 0 Å². The maximum atomic E-state index is 12.9. The Bertz CT molecular complexity index is 1090. The zero-order valence-corrected chi connectivity index (χ0v) is 15.7. The summed E-state index contributed by atoms with van der Waals surface area (Å²) in [5.74, 6) is -0.842. The number of carbonyl (C=O) groups excluding carboxylic acids is 1. The fraction of sp³-hybridized carbons (Fsp3) is 0.105. The molecule has 0 unspecified atom stereocenters. The highest BCUT2D eigenvalue weighted by Gasteiger charge is 2.30. The quantitative estimate of drug-likeness (QED) is 0.485. The van der Waals surface area contributed by atoms with E-state index >= 15 is 0 Å². The summed E-state index contributed by atoms with van der Waals surface area (Å²) in [4.78, 5) is 12.0. The standard InChI is InChI=1S/C19H14ClF3N4O2/c1-11-15(10-24-25-18(29)14-7-2-3-8-16(14)28)17(20)27(26-11)13-6-4-5-12(9-13)19(21,22)23/h2-10,28H,1H3,(H,25,29)/b24-10+. The van der Waals surface area contributed by atoms with E-state index in [9.17, 15) is 23.1 Å². The van der Waals surface area contributed by atoms with E-state index in [2.05, 4.69) is 15.6 Å². The van der Waals surface area contributed by atoms with Crippen LogP contribution in [0.4, 0.5) is 13.2 Å². The highest BCUT2D eigenvalue weighted by Crippen LogP contribution is 2.31. The number of hydrogen-bond acceptors (Lipinski definition) is 4. The van der Waals surface area contributed by atoms with Gasteiger partial charge >= 0.3 is 6.18 Å². The minimum absolute atomic E-state index is 0.0300. The SMILES string of the molecule is Cc1nn(-c2cccc(C(F)(F)F)c2)c(Cl)c1/C=N/NC(=O)c1ccccc1O. The second kappa shape index (κ2) is 7.96. The lowest BCUT2D eigenvalue weighted by Crippen LogP contribution is -2.17. The first-order valence-electron chi connectivity index (χ1n) is 8.22. The molecule has 2 aromatic carbocycles. The molecule has 3 rings (SSSR count). The number of hydrogen-bond donors (Lipinski definition) is 2. The average Bonchev–Trinajstić information content (AvgIpc) is 2.96. The van der Waals surface area contributed by atoms with Crippen LogP contribution in [-0.4, -0.2) is 27.0 Å². The first-order chi connectivity index (χ1) is 13.7. The van der Waals surface area contributed by atoms with Crippen molar-refractivity contribution in [3.8, 4) is 11.4 Å². The second-order valence-corrected chi connectivity index (χ2v) is 6.32. The molecule has 0 aliphatic rings. The Morgan fingerprint density at radius 3 is 2.66 bits per heavy atom. The zero-order chi connectivity index (χ0) is 21.2. The minimum atomic E-state index is -4.50. The number of carbonyl (C=O) groups is 1. The van der Waals surface area contributed by atoms with Crippen LogP contribution in [0.5, 0.6) is 5.75 Å². The summed E-state index contributed by atoms with van der Waals surface area (Å²) in [6.45, 7) is 1.60. The summed E-state index contributed by atoms with van der Waals surface area (Å²) in [6, 6.07) is 10.5. The molecule has 1 aromatic heterocycles.